The first kappa shape index (κ1) is 23.3. The Balaban J connectivity index is 1.77. The van der Waals surface area contributed by atoms with Gasteiger partial charge in [-0.1, -0.05) is 79.2 Å². The first-order valence-corrected chi connectivity index (χ1v) is 11.6. The number of carbonyl (C=O) groups excluding carboxylic acids is 2. The molecule has 0 bridgehead atoms. The van der Waals surface area contributed by atoms with Crippen LogP contribution in [-0.2, 0) is 16.0 Å². The number of aryl methyl sites for hydroxylation is 1. The lowest BCUT2D eigenvalue weighted by molar-refractivity contribution is -0.139. The molecular formula is C29H29NO4. The first-order valence-electron chi connectivity index (χ1n) is 11.6. The highest BCUT2D eigenvalue weighted by molar-refractivity contribution is 6.46. The molecular weight excluding hydrogens is 426 g/mol. The summed E-state index contributed by atoms with van der Waals surface area (Å²) in [6, 6.07) is 23.8. The van der Waals surface area contributed by atoms with Crippen LogP contribution in [0.2, 0.25) is 0 Å². The molecule has 4 rings (SSSR count). The smallest absolute Gasteiger partial charge is 0.295 e. The van der Waals surface area contributed by atoms with E-state index in [1.807, 2.05) is 80.6 Å². The molecule has 3 aromatic rings. The summed E-state index contributed by atoms with van der Waals surface area (Å²) in [5, 5.41) is 11.2. The standard InChI is InChI=1S/C29H29NO4/c1-3-18-34-24-11-7-10-23(19-24)26-25(27(31)22-14-12-20(2)13-15-22)28(32)29(33)30(26)17-16-21-8-5-4-6-9-21/h4-15,19,26,31H,3,16-18H2,1-2H3/b27-25+. The number of amides is 1. The number of hydrogen-bond acceptors (Lipinski definition) is 4. The van der Waals surface area contributed by atoms with Crippen molar-refractivity contribution >= 4 is 17.4 Å². The summed E-state index contributed by atoms with van der Waals surface area (Å²) >= 11 is 0. The predicted octanol–water partition coefficient (Wildman–Crippen LogP) is 5.45. The van der Waals surface area contributed by atoms with E-state index in [4.69, 9.17) is 4.74 Å². The molecule has 1 unspecified atom stereocenters. The highest BCUT2D eigenvalue weighted by atomic mass is 16.5. The highest BCUT2D eigenvalue weighted by Crippen LogP contribution is 2.40. The molecule has 1 atom stereocenters. The Kier molecular flexibility index (Phi) is 7.12. The number of ketones is 1. The number of rotatable bonds is 8. The van der Waals surface area contributed by atoms with E-state index < -0.39 is 17.7 Å². The molecule has 34 heavy (non-hydrogen) atoms. The van der Waals surface area contributed by atoms with Gasteiger partial charge in [0.15, 0.2) is 0 Å². The molecule has 0 radical (unpaired) electrons. The van der Waals surface area contributed by atoms with Gasteiger partial charge in [0.25, 0.3) is 11.7 Å². The Hall–Kier alpha value is -3.86. The van der Waals surface area contributed by atoms with Crippen molar-refractivity contribution in [1.29, 1.82) is 0 Å². The fourth-order valence-corrected chi connectivity index (χ4v) is 4.21. The lowest BCUT2D eigenvalue weighted by Crippen LogP contribution is -2.31. The van der Waals surface area contributed by atoms with E-state index in [0.717, 1.165) is 23.1 Å². The van der Waals surface area contributed by atoms with Gasteiger partial charge in [0.1, 0.15) is 11.5 Å². The van der Waals surface area contributed by atoms with E-state index in [2.05, 4.69) is 0 Å². The van der Waals surface area contributed by atoms with E-state index in [1.54, 1.807) is 17.0 Å². The SMILES string of the molecule is CCCOc1cccc(C2/C(=C(\O)c3ccc(C)cc3)C(=O)C(=O)N2CCc2ccccc2)c1. The minimum atomic E-state index is -0.699. The van der Waals surface area contributed by atoms with E-state index in [0.29, 0.717) is 30.9 Å². The van der Waals surface area contributed by atoms with Crippen molar-refractivity contribution in [2.75, 3.05) is 13.2 Å². The minimum Gasteiger partial charge on any atom is -0.507 e. The predicted molar refractivity (Wildman–Crippen MR) is 133 cm³/mol. The molecule has 0 aliphatic carbocycles. The van der Waals surface area contributed by atoms with Gasteiger partial charge in [-0.3, -0.25) is 9.59 Å². The fourth-order valence-electron chi connectivity index (χ4n) is 4.21. The van der Waals surface area contributed by atoms with Crippen molar-refractivity contribution in [2.24, 2.45) is 0 Å². The van der Waals surface area contributed by atoms with Gasteiger partial charge >= 0.3 is 0 Å². The maximum atomic E-state index is 13.2. The number of aliphatic hydroxyl groups excluding tert-OH is 1. The molecule has 5 heteroatoms. The molecule has 1 N–H and O–H groups in total. The van der Waals surface area contributed by atoms with Crippen LogP contribution in [0.5, 0.6) is 5.75 Å². The quantitative estimate of drug-likeness (QED) is 0.279. The van der Waals surface area contributed by atoms with Crippen LogP contribution in [0.1, 0.15) is 41.6 Å². The van der Waals surface area contributed by atoms with Crippen molar-refractivity contribution in [3.63, 3.8) is 0 Å². The summed E-state index contributed by atoms with van der Waals surface area (Å²) in [5.74, 6) is -0.765. The van der Waals surface area contributed by atoms with Gasteiger partial charge in [-0.05, 0) is 43.0 Å². The van der Waals surface area contributed by atoms with Crippen LogP contribution in [0.15, 0.2) is 84.4 Å². The van der Waals surface area contributed by atoms with Gasteiger partial charge in [0.05, 0.1) is 18.2 Å². The molecule has 1 amide bonds. The van der Waals surface area contributed by atoms with Crippen molar-refractivity contribution in [3.8, 4) is 5.75 Å². The summed E-state index contributed by atoms with van der Waals surface area (Å²) in [6.07, 6.45) is 1.47. The summed E-state index contributed by atoms with van der Waals surface area (Å²) in [4.78, 5) is 27.9. The largest absolute Gasteiger partial charge is 0.507 e. The second kappa shape index (κ2) is 10.4. The number of Topliss-reactive ketones (excluding diaryl/α,β-unsaturated/α-hetero) is 1. The molecule has 1 aliphatic heterocycles. The van der Waals surface area contributed by atoms with Crippen LogP contribution in [0, 0.1) is 6.92 Å². The zero-order valence-electron chi connectivity index (χ0n) is 19.5. The molecule has 1 saturated heterocycles. The number of hydrogen-bond donors (Lipinski definition) is 1. The molecule has 0 aromatic heterocycles. The topological polar surface area (TPSA) is 66.8 Å². The average Bonchev–Trinajstić information content (AvgIpc) is 3.12. The van der Waals surface area contributed by atoms with Gasteiger partial charge in [-0.15, -0.1) is 0 Å². The van der Waals surface area contributed by atoms with Crippen molar-refractivity contribution in [3.05, 3.63) is 107 Å². The Labute approximate surface area is 200 Å². The summed E-state index contributed by atoms with van der Waals surface area (Å²) < 4.78 is 5.80. The molecule has 1 fully saturated rings. The third-order valence-electron chi connectivity index (χ3n) is 6.00. The number of nitrogens with zero attached hydrogens (tertiary/aromatic N) is 1. The Morgan fingerprint density at radius 1 is 0.971 bits per heavy atom. The average molecular weight is 456 g/mol. The van der Waals surface area contributed by atoms with Crippen molar-refractivity contribution in [1.82, 2.24) is 4.90 Å². The lowest BCUT2D eigenvalue weighted by atomic mass is 9.94. The molecule has 0 spiro atoms. The van der Waals surface area contributed by atoms with E-state index >= 15 is 0 Å². The first-order chi connectivity index (χ1) is 16.5. The number of carbonyl (C=O) groups is 2. The molecule has 5 nitrogen and oxygen atoms in total. The van der Waals surface area contributed by atoms with Crippen LogP contribution in [0.4, 0.5) is 0 Å². The Morgan fingerprint density at radius 2 is 1.71 bits per heavy atom. The van der Waals surface area contributed by atoms with Gasteiger partial charge in [0.2, 0.25) is 0 Å². The van der Waals surface area contributed by atoms with E-state index in [1.165, 1.54) is 0 Å². The van der Waals surface area contributed by atoms with E-state index in [9.17, 15) is 14.7 Å². The molecule has 174 valence electrons. The second-order valence-electron chi connectivity index (χ2n) is 8.52. The van der Waals surface area contributed by atoms with Crippen molar-refractivity contribution in [2.45, 2.75) is 32.7 Å². The Bertz CT molecular complexity index is 1200. The highest BCUT2D eigenvalue weighted by Gasteiger charge is 2.45. The third-order valence-corrected chi connectivity index (χ3v) is 6.00. The van der Waals surface area contributed by atoms with Gasteiger partial charge in [-0.25, -0.2) is 0 Å². The van der Waals surface area contributed by atoms with Crippen molar-refractivity contribution < 1.29 is 19.4 Å². The lowest BCUT2D eigenvalue weighted by Gasteiger charge is -2.26. The Morgan fingerprint density at radius 3 is 2.41 bits per heavy atom. The number of ether oxygens (including phenoxy) is 1. The van der Waals surface area contributed by atoms with Gasteiger partial charge in [-0.2, -0.15) is 0 Å². The van der Waals surface area contributed by atoms with Crippen LogP contribution in [0.25, 0.3) is 5.76 Å². The number of aliphatic hydroxyl groups is 1. The number of likely N-dealkylation sites (tertiary alicyclic amines) is 1. The van der Waals surface area contributed by atoms with E-state index in [-0.39, 0.29) is 11.3 Å². The summed E-state index contributed by atoms with van der Waals surface area (Å²) in [7, 11) is 0. The maximum Gasteiger partial charge on any atom is 0.295 e. The normalized spacial score (nSPS) is 17.2. The molecule has 0 saturated carbocycles. The van der Waals surface area contributed by atoms with Gasteiger partial charge < -0.3 is 14.7 Å². The second-order valence-corrected chi connectivity index (χ2v) is 8.52. The molecule has 3 aromatic carbocycles. The van der Waals surface area contributed by atoms with Crippen LogP contribution < -0.4 is 4.74 Å². The molecule has 1 heterocycles. The zero-order chi connectivity index (χ0) is 24.1. The molecule has 1 aliphatic rings. The summed E-state index contributed by atoms with van der Waals surface area (Å²) in [6.45, 7) is 4.91. The zero-order valence-corrected chi connectivity index (χ0v) is 19.5. The monoisotopic (exact) mass is 455 g/mol. The van der Waals surface area contributed by atoms with Crippen LogP contribution in [0.3, 0.4) is 0 Å². The van der Waals surface area contributed by atoms with Crippen LogP contribution >= 0.6 is 0 Å². The van der Waals surface area contributed by atoms with Gasteiger partial charge in [0, 0.05) is 12.1 Å². The minimum absolute atomic E-state index is 0.106. The number of benzene rings is 3. The summed E-state index contributed by atoms with van der Waals surface area (Å²) in [5.41, 5.74) is 3.46. The third kappa shape index (κ3) is 4.88. The van der Waals surface area contributed by atoms with Crippen LogP contribution in [-0.4, -0.2) is 34.8 Å². The maximum absolute atomic E-state index is 13.2. The fraction of sp³-hybridized carbons (Fsp3) is 0.241.